The molecular weight excluding hydrogens is 364 g/mol. The highest BCUT2D eigenvalue weighted by Gasteiger charge is 2.39. The van der Waals surface area contributed by atoms with E-state index in [-0.39, 0.29) is 22.4 Å². The third-order valence-corrected chi connectivity index (χ3v) is 4.50. The molecule has 0 spiro atoms. The lowest BCUT2D eigenvalue weighted by Gasteiger charge is -2.20. The van der Waals surface area contributed by atoms with Gasteiger partial charge in [-0.2, -0.15) is 0 Å². The van der Waals surface area contributed by atoms with Gasteiger partial charge in [-0.25, -0.2) is 0 Å². The summed E-state index contributed by atoms with van der Waals surface area (Å²) in [5, 5.41) is 34.9. The monoisotopic (exact) mass is 376 g/mol. The number of fused-ring (bicyclic) bond motifs is 2. The van der Waals surface area contributed by atoms with Crippen molar-refractivity contribution in [2.45, 2.75) is 0 Å². The van der Waals surface area contributed by atoms with Gasteiger partial charge in [0.2, 0.25) is 11.5 Å². The van der Waals surface area contributed by atoms with Crippen LogP contribution in [0.3, 0.4) is 0 Å². The lowest BCUT2D eigenvalue weighted by Crippen LogP contribution is -2.22. The first kappa shape index (κ1) is 17.2. The van der Waals surface area contributed by atoms with E-state index in [1.807, 2.05) is 0 Å². The molecule has 0 saturated heterocycles. The summed E-state index contributed by atoms with van der Waals surface area (Å²) in [5.74, 6) is -2.83. The predicted octanol–water partition coefficient (Wildman–Crippen LogP) is 3.53. The van der Waals surface area contributed by atoms with Crippen molar-refractivity contribution in [2.75, 3.05) is 5.32 Å². The zero-order chi connectivity index (χ0) is 20.0. The Morgan fingerprint density at radius 2 is 1.57 bits per heavy atom. The Kier molecular flexibility index (Phi) is 3.82. The number of aromatic hydroxyl groups is 2. The number of carbonyl (C=O) groups excluding carboxylic acids is 2. The van der Waals surface area contributed by atoms with Gasteiger partial charge >= 0.3 is 5.69 Å². The average Bonchev–Trinajstić information content (AvgIpc) is 2.66. The number of nitro benzene ring substituents is 1. The second-order valence-corrected chi connectivity index (χ2v) is 6.15. The summed E-state index contributed by atoms with van der Waals surface area (Å²) in [6.07, 6.45) is 0. The topological polar surface area (TPSA) is 130 Å². The maximum Gasteiger partial charge on any atom is 0.334 e. The van der Waals surface area contributed by atoms with Crippen LogP contribution in [0.1, 0.15) is 31.8 Å². The van der Waals surface area contributed by atoms with Gasteiger partial charge in [0.1, 0.15) is 11.4 Å². The summed E-state index contributed by atoms with van der Waals surface area (Å²) >= 11 is 0. The molecule has 3 aromatic rings. The van der Waals surface area contributed by atoms with Crippen molar-refractivity contribution in [3.8, 4) is 11.5 Å². The first-order chi connectivity index (χ1) is 13.4. The second-order valence-electron chi connectivity index (χ2n) is 6.15. The van der Waals surface area contributed by atoms with Gasteiger partial charge in [-0.3, -0.25) is 19.7 Å². The smallest absolute Gasteiger partial charge is 0.334 e. The number of anilines is 2. The van der Waals surface area contributed by atoms with Gasteiger partial charge in [0.25, 0.3) is 0 Å². The third kappa shape index (κ3) is 2.47. The van der Waals surface area contributed by atoms with Gasteiger partial charge in [0.05, 0.1) is 16.1 Å². The maximum atomic E-state index is 12.9. The number of nitrogens with zero attached hydrogens (tertiary/aromatic N) is 1. The number of hydrogen-bond donors (Lipinski definition) is 3. The molecule has 4 rings (SSSR count). The van der Waals surface area contributed by atoms with Crippen molar-refractivity contribution < 1.29 is 24.7 Å². The first-order valence-corrected chi connectivity index (χ1v) is 8.18. The van der Waals surface area contributed by atoms with E-state index in [4.69, 9.17) is 0 Å². The van der Waals surface area contributed by atoms with E-state index in [1.165, 1.54) is 24.3 Å². The van der Waals surface area contributed by atoms with E-state index < -0.39 is 39.2 Å². The van der Waals surface area contributed by atoms with E-state index >= 15 is 0 Å². The number of ketones is 2. The van der Waals surface area contributed by atoms with E-state index in [0.717, 1.165) is 0 Å². The van der Waals surface area contributed by atoms with Crippen molar-refractivity contribution >= 4 is 28.6 Å². The van der Waals surface area contributed by atoms with Gasteiger partial charge in [-0.15, -0.1) is 0 Å². The third-order valence-electron chi connectivity index (χ3n) is 4.50. The molecule has 0 atom stereocenters. The molecular formula is C20H12N2O6. The molecule has 0 aliphatic heterocycles. The molecule has 0 amide bonds. The van der Waals surface area contributed by atoms with Crippen LogP contribution in [0.2, 0.25) is 0 Å². The molecule has 0 bridgehead atoms. The summed E-state index contributed by atoms with van der Waals surface area (Å²) < 4.78 is 0. The number of nitrogens with one attached hydrogen (secondary N) is 1. The van der Waals surface area contributed by atoms with Crippen LogP contribution in [-0.4, -0.2) is 26.7 Å². The Morgan fingerprint density at radius 3 is 2.25 bits per heavy atom. The summed E-state index contributed by atoms with van der Waals surface area (Å²) in [5.41, 5.74) is -1.35. The molecule has 3 aromatic carbocycles. The number of hydrogen-bond acceptors (Lipinski definition) is 7. The quantitative estimate of drug-likeness (QED) is 0.368. The van der Waals surface area contributed by atoms with E-state index in [2.05, 4.69) is 5.32 Å². The molecule has 0 aromatic heterocycles. The number of carbonyl (C=O) groups is 2. The Hall–Kier alpha value is -4.20. The zero-order valence-corrected chi connectivity index (χ0v) is 14.2. The van der Waals surface area contributed by atoms with Crippen LogP contribution < -0.4 is 5.32 Å². The van der Waals surface area contributed by atoms with Crippen LogP contribution in [0.4, 0.5) is 17.1 Å². The minimum atomic E-state index is -0.923. The predicted molar refractivity (Wildman–Crippen MR) is 99.5 cm³/mol. The largest absolute Gasteiger partial charge is 0.507 e. The highest BCUT2D eigenvalue weighted by molar-refractivity contribution is 6.31. The molecule has 8 heteroatoms. The minimum Gasteiger partial charge on any atom is -0.507 e. The van der Waals surface area contributed by atoms with Crippen LogP contribution in [0.25, 0.3) is 0 Å². The summed E-state index contributed by atoms with van der Waals surface area (Å²) in [4.78, 5) is 36.4. The van der Waals surface area contributed by atoms with Gasteiger partial charge < -0.3 is 15.5 Å². The molecule has 28 heavy (non-hydrogen) atoms. The van der Waals surface area contributed by atoms with Crippen molar-refractivity contribution in [3.63, 3.8) is 0 Å². The van der Waals surface area contributed by atoms with Gasteiger partial charge in [-0.05, 0) is 24.3 Å². The Morgan fingerprint density at radius 1 is 0.857 bits per heavy atom. The fraction of sp³-hybridized carbons (Fsp3) is 0. The molecule has 1 aliphatic carbocycles. The minimum absolute atomic E-state index is 0.0311. The molecule has 0 heterocycles. The Labute approximate surface area is 157 Å². The van der Waals surface area contributed by atoms with Crippen molar-refractivity contribution in [1.29, 1.82) is 0 Å². The summed E-state index contributed by atoms with van der Waals surface area (Å²) in [7, 11) is 0. The molecule has 3 N–H and O–H groups in total. The lowest BCUT2D eigenvalue weighted by atomic mass is 9.82. The Bertz CT molecular complexity index is 1170. The van der Waals surface area contributed by atoms with Crippen LogP contribution in [0.5, 0.6) is 11.5 Å². The lowest BCUT2D eigenvalue weighted by molar-refractivity contribution is -0.384. The fourth-order valence-corrected chi connectivity index (χ4v) is 3.26. The second kappa shape index (κ2) is 6.20. The molecule has 8 nitrogen and oxygen atoms in total. The van der Waals surface area contributed by atoms with E-state index in [1.54, 1.807) is 30.3 Å². The highest BCUT2D eigenvalue weighted by atomic mass is 16.6. The molecule has 0 radical (unpaired) electrons. The molecule has 1 aliphatic rings. The highest BCUT2D eigenvalue weighted by Crippen LogP contribution is 2.45. The van der Waals surface area contributed by atoms with E-state index in [9.17, 15) is 29.9 Å². The molecule has 138 valence electrons. The van der Waals surface area contributed by atoms with Crippen molar-refractivity contribution in [1.82, 2.24) is 0 Å². The number of phenols is 2. The fourth-order valence-electron chi connectivity index (χ4n) is 3.26. The zero-order valence-electron chi connectivity index (χ0n) is 14.2. The van der Waals surface area contributed by atoms with Gasteiger partial charge in [0.15, 0.2) is 5.78 Å². The summed E-state index contributed by atoms with van der Waals surface area (Å²) in [6, 6.07) is 13.7. The average molecular weight is 376 g/mol. The van der Waals surface area contributed by atoms with Crippen molar-refractivity contribution in [2.24, 2.45) is 0 Å². The van der Waals surface area contributed by atoms with Crippen LogP contribution in [-0.2, 0) is 0 Å². The standard InChI is InChI=1S/C20H12N2O6/c23-14-8-4-7-11-15(14)19(25)16-12(18(11)24)9-13(17(20(16)26)22(27)28)21-10-5-2-1-3-6-10/h1-9,21,23,26H. The van der Waals surface area contributed by atoms with E-state index in [0.29, 0.717) is 5.69 Å². The SMILES string of the molecule is O=C1c2cccc(O)c2C(=O)c2c1cc(Nc1ccccc1)c([N+](=O)[O-])c2O. The normalized spacial score (nSPS) is 12.3. The molecule has 0 unspecified atom stereocenters. The van der Waals surface area contributed by atoms with Crippen LogP contribution in [0.15, 0.2) is 54.6 Å². The number of phenolic OH excluding ortho intramolecular Hbond substituents is 2. The number of nitro groups is 1. The first-order valence-electron chi connectivity index (χ1n) is 8.18. The number of para-hydroxylation sites is 1. The number of rotatable bonds is 3. The molecule has 0 fully saturated rings. The molecule has 0 saturated carbocycles. The van der Waals surface area contributed by atoms with Gasteiger partial charge in [0, 0.05) is 16.8 Å². The number of benzene rings is 3. The van der Waals surface area contributed by atoms with Crippen molar-refractivity contribution in [3.05, 3.63) is 87.0 Å². The summed E-state index contributed by atoms with van der Waals surface area (Å²) in [6.45, 7) is 0. The van der Waals surface area contributed by atoms with Crippen LogP contribution >= 0.6 is 0 Å². The van der Waals surface area contributed by atoms with Gasteiger partial charge in [-0.1, -0.05) is 30.3 Å². The van der Waals surface area contributed by atoms with Crippen LogP contribution in [0, 0.1) is 10.1 Å². The Balaban J connectivity index is 1.97. The maximum absolute atomic E-state index is 12.9.